The Hall–Kier alpha value is -2.53. The van der Waals surface area contributed by atoms with Crippen LogP contribution in [0.3, 0.4) is 0 Å². The lowest BCUT2D eigenvalue weighted by molar-refractivity contribution is -0.115. The monoisotopic (exact) mass is 368 g/mol. The molecular weight excluding hydrogens is 347 g/mol. The van der Waals surface area contributed by atoms with Crippen LogP contribution in [0.25, 0.3) is 10.6 Å². The fourth-order valence-corrected chi connectivity index (χ4v) is 3.63. The van der Waals surface area contributed by atoms with Crippen LogP contribution >= 0.6 is 11.3 Å². The molecule has 1 aromatic heterocycles. The predicted molar refractivity (Wildman–Crippen MR) is 105 cm³/mol. The first kappa shape index (κ1) is 18.3. The van der Waals surface area contributed by atoms with Crippen LogP contribution in [-0.2, 0) is 11.2 Å². The van der Waals surface area contributed by atoms with E-state index in [1.807, 2.05) is 30.5 Å². The number of hydrogen-bond acceptors (Lipinski definition) is 3. The lowest BCUT2D eigenvalue weighted by atomic mass is 9.98. The molecule has 1 heterocycles. The standard InChI is InChI=1S/C21H21FN2OS/c1-13(2)18-6-4-5-14(3)20(18)24-19(25)11-17-12-26-21(23-17)15-7-9-16(22)10-8-15/h4-10,12-13H,11H2,1-3H3,(H,24,25). The minimum Gasteiger partial charge on any atom is -0.325 e. The number of benzene rings is 2. The molecule has 26 heavy (non-hydrogen) atoms. The second-order valence-corrected chi connectivity index (χ2v) is 7.43. The Labute approximate surface area is 156 Å². The third-order valence-corrected chi connectivity index (χ3v) is 5.12. The number of nitrogens with zero attached hydrogens (tertiary/aromatic N) is 1. The number of amides is 1. The number of aromatic nitrogens is 1. The van der Waals surface area contributed by atoms with Crippen LogP contribution in [0.4, 0.5) is 10.1 Å². The molecule has 134 valence electrons. The number of rotatable bonds is 5. The average Bonchev–Trinajstić information content (AvgIpc) is 3.05. The lowest BCUT2D eigenvalue weighted by Gasteiger charge is -2.16. The largest absolute Gasteiger partial charge is 0.325 e. The molecule has 3 rings (SSSR count). The van der Waals surface area contributed by atoms with Crippen LogP contribution in [0, 0.1) is 12.7 Å². The summed E-state index contributed by atoms with van der Waals surface area (Å²) in [6, 6.07) is 12.3. The molecule has 0 atom stereocenters. The van der Waals surface area contributed by atoms with E-state index in [2.05, 4.69) is 24.1 Å². The number of para-hydroxylation sites is 1. The van der Waals surface area contributed by atoms with Gasteiger partial charge in [-0.15, -0.1) is 11.3 Å². The van der Waals surface area contributed by atoms with Gasteiger partial charge in [0.1, 0.15) is 10.8 Å². The lowest BCUT2D eigenvalue weighted by Crippen LogP contribution is -2.17. The first-order chi connectivity index (χ1) is 12.4. The van der Waals surface area contributed by atoms with Crippen LogP contribution in [0.2, 0.25) is 0 Å². The number of aryl methyl sites for hydroxylation is 1. The summed E-state index contributed by atoms with van der Waals surface area (Å²) >= 11 is 1.45. The van der Waals surface area contributed by atoms with Crippen molar-refractivity contribution in [3.63, 3.8) is 0 Å². The number of halogens is 1. The Morgan fingerprint density at radius 2 is 1.92 bits per heavy atom. The summed E-state index contributed by atoms with van der Waals surface area (Å²) in [5.74, 6) is -0.0317. The van der Waals surface area contributed by atoms with Crippen molar-refractivity contribution >= 4 is 22.9 Å². The third-order valence-electron chi connectivity index (χ3n) is 4.18. The average molecular weight is 368 g/mol. The smallest absolute Gasteiger partial charge is 0.230 e. The number of carbonyl (C=O) groups excluding carboxylic acids is 1. The Balaban J connectivity index is 1.73. The summed E-state index contributed by atoms with van der Waals surface area (Å²) in [5.41, 5.74) is 4.63. The maximum atomic E-state index is 13.0. The Morgan fingerprint density at radius 1 is 1.19 bits per heavy atom. The molecule has 0 saturated carbocycles. The zero-order valence-corrected chi connectivity index (χ0v) is 15.9. The molecular formula is C21H21FN2OS. The summed E-state index contributed by atoms with van der Waals surface area (Å²) in [6.45, 7) is 6.22. The molecule has 0 fully saturated rings. The van der Waals surface area contributed by atoms with Gasteiger partial charge in [0.15, 0.2) is 0 Å². The minimum atomic E-state index is -0.274. The van der Waals surface area contributed by atoms with E-state index in [0.29, 0.717) is 11.6 Å². The van der Waals surface area contributed by atoms with Gasteiger partial charge in [-0.1, -0.05) is 32.0 Å². The van der Waals surface area contributed by atoms with Crippen LogP contribution in [0.5, 0.6) is 0 Å². The molecule has 5 heteroatoms. The molecule has 0 unspecified atom stereocenters. The van der Waals surface area contributed by atoms with Gasteiger partial charge < -0.3 is 5.32 Å². The molecule has 0 spiro atoms. The first-order valence-corrected chi connectivity index (χ1v) is 9.41. The summed E-state index contributed by atoms with van der Waals surface area (Å²) in [4.78, 5) is 17.0. The molecule has 3 nitrogen and oxygen atoms in total. The Bertz CT molecular complexity index is 916. The molecule has 0 aliphatic heterocycles. The molecule has 0 bridgehead atoms. The molecule has 0 aliphatic rings. The van der Waals surface area contributed by atoms with Gasteiger partial charge >= 0.3 is 0 Å². The van der Waals surface area contributed by atoms with Gasteiger partial charge in [-0.3, -0.25) is 4.79 Å². The second-order valence-electron chi connectivity index (χ2n) is 6.57. The molecule has 3 aromatic rings. The van der Waals surface area contributed by atoms with Gasteiger partial charge in [0.2, 0.25) is 5.91 Å². The van der Waals surface area contributed by atoms with E-state index < -0.39 is 0 Å². The van der Waals surface area contributed by atoms with Crippen molar-refractivity contribution in [3.05, 3.63) is 70.5 Å². The zero-order chi connectivity index (χ0) is 18.7. The van der Waals surface area contributed by atoms with Gasteiger partial charge in [0, 0.05) is 16.6 Å². The van der Waals surface area contributed by atoms with Crippen molar-refractivity contribution in [2.24, 2.45) is 0 Å². The van der Waals surface area contributed by atoms with Crippen LogP contribution in [-0.4, -0.2) is 10.9 Å². The molecule has 2 aromatic carbocycles. The normalized spacial score (nSPS) is 11.0. The number of hydrogen-bond donors (Lipinski definition) is 1. The van der Waals surface area contributed by atoms with Gasteiger partial charge in [0.05, 0.1) is 12.1 Å². The van der Waals surface area contributed by atoms with Gasteiger partial charge in [0.25, 0.3) is 0 Å². The van der Waals surface area contributed by atoms with E-state index >= 15 is 0 Å². The third kappa shape index (κ3) is 4.17. The molecule has 1 amide bonds. The summed E-state index contributed by atoms with van der Waals surface area (Å²) in [6.07, 6.45) is 0.212. The van der Waals surface area contributed by atoms with Gasteiger partial charge in [-0.25, -0.2) is 9.37 Å². The topological polar surface area (TPSA) is 42.0 Å². The van der Waals surface area contributed by atoms with E-state index in [9.17, 15) is 9.18 Å². The van der Waals surface area contributed by atoms with E-state index in [0.717, 1.165) is 27.4 Å². The number of nitrogens with one attached hydrogen (secondary N) is 1. The summed E-state index contributed by atoms with van der Waals surface area (Å²) in [7, 11) is 0. The fourth-order valence-electron chi connectivity index (χ4n) is 2.80. The van der Waals surface area contributed by atoms with Crippen molar-refractivity contribution in [2.45, 2.75) is 33.1 Å². The van der Waals surface area contributed by atoms with Gasteiger partial charge in [-0.2, -0.15) is 0 Å². The zero-order valence-electron chi connectivity index (χ0n) is 15.0. The quantitative estimate of drug-likeness (QED) is 0.640. The molecule has 1 N–H and O–H groups in total. The maximum absolute atomic E-state index is 13.0. The van der Waals surface area contributed by atoms with E-state index in [-0.39, 0.29) is 18.1 Å². The second kappa shape index (κ2) is 7.79. The van der Waals surface area contributed by atoms with Gasteiger partial charge in [-0.05, 0) is 48.2 Å². The Morgan fingerprint density at radius 3 is 2.62 bits per heavy atom. The first-order valence-electron chi connectivity index (χ1n) is 8.53. The summed E-state index contributed by atoms with van der Waals surface area (Å²) < 4.78 is 13.0. The highest BCUT2D eigenvalue weighted by atomic mass is 32.1. The van der Waals surface area contributed by atoms with Crippen molar-refractivity contribution < 1.29 is 9.18 Å². The minimum absolute atomic E-state index is 0.0860. The molecule has 0 radical (unpaired) electrons. The van der Waals surface area contributed by atoms with Crippen molar-refractivity contribution in [1.29, 1.82) is 0 Å². The van der Waals surface area contributed by atoms with Crippen molar-refractivity contribution in [3.8, 4) is 10.6 Å². The highest BCUT2D eigenvalue weighted by molar-refractivity contribution is 7.13. The molecule has 0 aliphatic carbocycles. The van der Waals surface area contributed by atoms with E-state index in [1.54, 1.807) is 12.1 Å². The van der Waals surface area contributed by atoms with E-state index in [1.165, 1.54) is 23.5 Å². The molecule has 0 saturated heterocycles. The van der Waals surface area contributed by atoms with Crippen LogP contribution < -0.4 is 5.32 Å². The van der Waals surface area contributed by atoms with Crippen molar-refractivity contribution in [2.75, 3.05) is 5.32 Å². The Kier molecular flexibility index (Phi) is 5.47. The number of anilines is 1. The van der Waals surface area contributed by atoms with Crippen LogP contribution in [0.1, 0.15) is 36.6 Å². The van der Waals surface area contributed by atoms with E-state index in [4.69, 9.17) is 0 Å². The number of thiazole rings is 1. The highest BCUT2D eigenvalue weighted by Crippen LogP contribution is 2.28. The van der Waals surface area contributed by atoms with Crippen LogP contribution in [0.15, 0.2) is 47.8 Å². The van der Waals surface area contributed by atoms with Crippen molar-refractivity contribution in [1.82, 2.24) is 4.98 Å². The maximum Gasteiger partial charge on any atom is 0.230 e. The SMILES string of the molecule is Cc1cccc(C(C)C)c1NC(=O)Cc1csc(-c2ccc(F)cc2)n1. The number of carbonyl (C=O) groups is 1. The fraction of sp³-hybridized carbons (Fsp3) is 0.238. The predicted octanol–water partition coefficient (Wildman–Crippen LogP) is 5.56. The highest BCUT2D eigenvalue weighted by Gasteiger charge is 2.14. The summed E-state index contributed by atoms with van der Waals surface area (Å²) in [5, 5.41) is 5.70.